The summed E-state index contributed by atoms with van der Waals surface area (Å²) in [5.74, 6) is 1.44. The van der Waals surface area contributed by atoms with Crippen LogP contribution in [0.5, 0.6) is 5.75 Å². The molecular formula is C18H14ClN5O. The minimum atomic E-state index is 0.642. The maximum Gasteiger partial charge on any atom is 0.170 e. The van der Waals surface area contributed by atoms with Crippen LogP contribution in [0.4, 0.5) is 11.5 Å². The van der Waals surface area contributed by atoms with E-state index in [1.54, 1.807) is 13.4 Å². The first-order valence-corrected chi connectivity index (χ1v) is 7.97. The number of hydrogen-bond donors (Lipinski definition) is 1. The molecular weight excluding hydrogens is 338 g/mol. The third kappa shape index (κ3) is 2.99. The maximum absolute atomic E-state index is 5.96. The molecule has 0 unspecified atom stereocenters. The molecule has 4 rings (SSSR count). The fraction of sp³-hybridized carbons (Fsp3) is 0.0556. The SMILES string of the molecule is COc1ccc(Nc2ncnc3c2ncn3-c2ccc(Cl)cc2)cc1. The number of benzene rings is 2. The molecule has 0 aliphatic rings. The third-order valence-corrected chi connectivity index (χ3v) is 4.04. The fourth-order valence-electron chi connectivity index (χ4n) is 2.53. The first kappa shape index (κ1) is 15.4. The van der Waals surface area contributed by atoms with E-state index in [0.29, 0.717) is 22.0 Å². The second-order valence-corrected chi connectivity index (χ2v) is 5.78. The van der Waals surface area contributed by atoms with E-state index in [2.05, 4.69) is 20.3 Å². The number of fused-ring (bicyclic) bond motifs is 1. The summed E-state index contributed by atoms with van der Waals surface area (Å²) < 4.78 is 7.07. The number of anilines is 2. The Morgan fingerprint density at radius 3 is 2.44 bits per heavy atom. The number of imidazole rings is 1. The molecule has 6 nitrogen and oxygen atoms in total. The van der Waals surface area contributed by atoms with Crippen LogP contribution in [0.2, 0.25) is 5.02 Å². The normalized spacial score (nSPS) is 10.8. The molecule has 0 saturated heterocycles. The van der Waals surface area contributed by atoms with Crippen molar-refractivity contribution in [3.05, 3.63) is 66.2 Å². The monoisotopic (exact) mass is 351 g/mol. The third-order valence-electron chi connectivity index (χ3n) is 3.79. The molecule has 0 amide bonds. The van der Waals surface area contributed by atoms with Crippen LogP contribution in [-0.2, 0) is 0 Å². The van der Waals surface area contributed by atoms with Gasteiger partial charge in [-0.25, -0.2) is 15.0 Å². The van der Waals surface area contributed by atoms with Gasteiger partial charge >= 0.3 is 0 Å². The van der Waals surface area contributed by atoms with Crippen LogP contribution in [-0.4, -0.2) is 26.6 Å². The molecule has 0 fully saturated rings. The lowest BCUT2D eigenvalue weighted by atomic mass is 10.3. The molecule has 0 spiro atoms. The predicted molar refractivity (Wildman–Crippen MR) is 97.9 cm³/mol. The second-order valence-electron chi connectivity index (χ2n) is 5.34. The van der Waals surface area contributed by atoms with Gasteiger partial charge < -0.3 is 10.1 Å². The van der Waals surface area contributed by atoms with Crippen molar-refractivity contribution in [1.82, 2.24) is 19.5 Å². The summed E-state index contributed by atoms with van der Waals surface area (Å²) in [6.07, 6.45) is 3.24. The highest BCUT2D eigenvalue weighted by molar-refractivity contribution is 6.30. The van der Waals surface area contributed by atoms with Crippen LogP contribution in [0.1, 0.15) is 0 Å². The lowest BCUT2D eigenvalue weighted by Gasteiger charge is -2.07. The van der Waals surface area contributed by atoms with Crippen molar-refractivity contribution >= 4 is 34.3 Å². The fourth-order valence-corrected chi connectivity index (χ4v) is 2.65. The molecule has 0 aliphatic carbocycles. The van der Waals surface area contributed by atoms with Gasteiger partial charge in [0, 0.05) is 16.4 Å². The lowest BCUT2D eigenvalue weighted by Crippen LogP contribution is -1.98. The highest BCUT2D eigenvalue weighted by Crippen LogP contribution is 2.25. The predicted octanol–water partition coefficient (Wildman–Crippen LogP) is 4.22. The van der Waals surface area contributed by atoms with E-state index >= 15 is 0 Å². The van der Waals surface area contributed by atoms with Gasteiger partial charge in [0.2, 0.25) is 0 Å². The van der Waals surface area contributed by atoms with Crippen LogP contribution in [0.15, 0.2) is 61.2 Å². The minimum Gasteiger partial charge on any atom is -0.497 e. The Balaban J connectivity index is 1.72. The highest BCUT2D eigenvalue weighted by Gasteiger charge is 2.11. The Labute approximate surface area is 149 Å². The van der Waals surface area contributed by atoms with Gasteiger partial charge in [0.25, 0.3) is 0 Å². The molecule has 124 valence electrons. The second kappa shape index (κ2) is 6.41. The largest absolute Gasteiger partial charge is 0.497 e. The molecule has 2 heterocycles. The number of methoxy groups -OCH3 is 1. The Kier molecular flexibility index (Phi) is 3.95. The topological polar surface area (TPSA) is 64.9 Å². The zero-order valence-electron chi connectivity index (χ0n) is 13.3. The van der Waals surface area contributed by atoms with Crippen molar-refractivity contribution in [2.24, 2.45) is 0 Å². The smallest absolute Gasteiger partial charge is 0.170 e. The number of halogens is 1. The summed E-state index contributed by atoms with van der Waals surface area (Å²) in [6, 6.07) is 15.1. The molecule has 1 N–H and O–H groups in total. The first-order valence-electron chi connectivity index (χ1n) is 7.59. The van der Waals surface area contributed by atoms with Gasteiger partial charge in [-0.05, 0) is 48.5 Å². The zero-order chi connectivity index (χ0) is 17.2. The molecule has 0 radical (unpaired) electrons. The number of aromatic nitrogens is 4. The van der Waals surface area contributed by atoms with E-state index in [4.69, 9.17) is 16.3 Å². The quantitative estimate of drug-likeness (QED) is 0.596. The van der Waals surface area contributed by atoms with Gasteiger partial charge in [-0.15, -0.1) is 0 Å². The van der Waals surface area contributed by atoms with Gasteiger partial charge in [-0.3, -0.25) is 4.57 Å². The van der Waals surface area contributed by atoms with Crippen LogP contribution < -0.4 is 10.1 Å². The lowest BCUT2D eigenvalue weighted by molar-refractivity contribution is 0.415. The molecule has 0 bridgehead atoms. The van der Waals surface area contributed by atoms with Crippen molar-refractivity contribution in [2.75, 3.05) is 12.4 Å². The zero-order valence-corrected chi connectivity index (χ0v) is 14.1. The Morgan fingerprint density at radius 1 is 0.960 bits per heavy atom. The van der Waals surface area contributed by atoms with Gasteiger partial charge in [-0.1, -0.05) is 11.6 Å². The van der Waals surface area contributed by atoms with E-state index in [1.807, 2.05) is 53.1 Å². The molecule has 0 atom stereocenters. The molecule has 4 aromatic rings. The van der Waals surface area contributed by atoms with Crippen molar-refractivity contribution in [3.8, 4) is 11.4 Å². The van der Waals surface area contributed by atoms with Gasteiger partial charge in [0.05, 0.1) is 7.11 Å². The first-order chi connectivity index (χ1) is 12.2. The van der Waals surface area contributed by atoms with Crippen LogP contribution in [0.25, 0.3) is 16.9 Å². The van der Waals surface area contributed by atoms with Crippen LogP contribution >= 0.6 is 11.6 Å². The molecule has 2 aromatic heterocycles. The van der Waals surface area contributed by atoms with Crippen molar-refractivity contribution < 1.29 is 4.74 Å². The number of ether oxygens (including phenoxy) is 1. The van der Waals surface area contributed by atoms with E-state index in [9.17, 15) is 0 Å². The summed E-state index contributed by atoms with van der Waals surface area (Å²) >= 11 is 5.96. The molecule has 0 saturated carbocycles. The summed E-state index contributed by atoms with van der Waals surface area (Å²) in [7, 11) is 1.64. The summed E-state index contributed by atoms with van der Waals surface area (Å²) in [5.41, 5.74) is 3.23. The van der Waals surface area contributed by atoms with E-state index in [0.717, 1.165) is 17.1 Å². The van der Waals surface area contributed by atoms with Crippen molar-refractivity contribution in [2.45, 2.75) is 0 Å². The molecule has 2 aromatic carbocycles. The van der Waals surface area contributed by atoms with Gasteiger partial charge in [0.1, 0.15) is 18.4 Å². The number of nitrogens with one attached hydrogen (secondary N) is 1. The molecule has 25 heavy (non-hydrogen) atoms. The Hall–Kier alpha value is -3.12. The van der Waals surface area contributed by atoms with Crippen LogP contribution in [0.3, 0.4) is 0 Å². The number of hydrogen-bond acceptors (Lipinski definition) is 5. The number of rotatable bonds is 4. The highest BCUT2D eigenvalue weighted by atomic mass is 35.5. The van der Waals surface area contributed by atoms with Crippen LogP contribution in [0, 0.1) is 0 Å². The maximum atomic E-state index is 5.96. The average Bonchev–Trinajstić information content (AvgIpc) is 3.08. The van der Waals surface area contributed by atoms with E-state index in [1.165, 1.54) is 6.33 Å². The Bertz CT molecular complexity index is 1010. The summed E-state index contributed by atoms with van der Waals surface area (Å²) in [6.45, 7) is 0. The standard InChI is InChI=1S/C18H14ClN5O/c1-25-15-8-4-13(5-9-15)23-17-16-18(21-10-20-17)24(11-22-16)14-6-2-12(19)3-7-14/h2-11H,1H3,(H,20,21,23). The molecule has 0 aliphatic heterocycles. The van der Waals surface area contributed by atoms with E-state index < -0.39 is 0 Å². The van der Waals surface area contributed by atoms with Gasteiger partial charge in [-0.2, -0.15) is 0 Å². The summed E-state index contributed by atoms with van der Waals surface area (Å²) in [5, 5.41) is 3.95. The van der Waals surface area contributed by atoms with Crippen molar-refractivity contribution in [3.63, 3.8) is 0 Å². The Morgan fingerprint density at radius 2 is 1.72 bits per heavy atom. The molecule has 7 heteroatoms. The van der Waals surface area contributed by atoms with E-state index in [-0.39, 0.29) is 0 Å². The van der Waals surface area contributed by atoms with Crippen molar-refractivity contribution in [1.29, 1.82) is 0 Å². The minimum absolute atomic E-state index is 0.642. The number of nitrogens with zero attached hydrogens (tertiary/aromatic N) is 4. The average molecular weight is 352 g/mol. The summed E-state index contributed by atoms with van der Waals surface area (Å²) in [4.78, 5) is 13.1. The van der Waals surface area contributed by atoms with Gasteiger partial charge in [0.15, 0.2) is 17.0 Å².